The number of rotatable bonds is 3. The Bertz CT molecular complexity index is 1170. The number of amides is 1. The van der Waals surface area contributed by atoms with Crippen molar-refractivity contribution in [3.05, 3.63) is 64.6 Å². The molecule has 0 aliphatic carbocycles. The Labute approximate surface area is 183 Å². The summed E-state index contributed by atoms with van der Waals surface area (Å²) in [5, 5.41) is 3.23. The molecule has 5 rings (SSSR count). The van der Waals surface area contributed by atoms with Gasteiger partial charge in [0.15, 0.2) is 0 Å². The molecule has 3 heterocycles. The fraction of sp³-hybridized carbons (Fsp3) is 0.227. The summed E-state index contributed by atoms with van der Waals surface area (Å²) in [6.45, 7) is 2.92. The summed E-state index contributed by atoms with van der Waals surface area (Å²) in [4.78, 5) is 29.8. The summed E-state index contributed by atoms with van der Waals surface area (Å²) in [6, 6.07) is 15.6. The summed E-state index contributed by atoms with van der Waals surface area (Å²) in [5.74, 6) is 0.830. The van der Waals surface area contributed by atoms with Crippen LogP contribution < -0.4 is 4.90 Å². The zero-order valence-corrected chi connectivity index (χ0v) is 17.8. The van der Waals surface area contributed by atoms with Gasteiger partial charge in [0.2, 0.25) is 5.95 Å². The van der Waals surface area contributed by atoms with Gasteiger partial charge in [-0.2, -0.15) is 0 Å². The van der Waals surface area contributed by atoms with Crippen molar-refractivity contribution in [3.8, 4) is 10.6 Å². The number of hydrogen-bond acceptors (Lipinski definition) is 5. The molecule has 0 spiro atoms. The highest BCUT2D eigenvalue weighted by atomic mass is 35.5. The van der Waals surface area contributed by atoms with E-state index in [4.69, 9.17) is 16.6 Å². The largest absolute Gasteiger partial charge is 0.341 e. The van der Waals surface area contributed by atoms with E-state index in [0.29, 0.717) is 23.8 Å². The van der Waals surface area contributed by atoms with Crippen molar-refractivity contribution in [3.63, 3.8) is 0 Å². The van der Waals surface area contributed by atoms with E-state index in [2.05, 4.69) is 14.9 Å². The van der Waals surface area contributed by atoms with Crippen LogP contribution in [-0.2, 0) is 0 Å². The molecule has 0 saturated carbocycles. The number of fused-ring (bicyclic) bond motifs is 1. The van der Waals surface area contributed by atoms with Crippen molar-refractivity contribution >= 4 is 45.8 Å². The number of carbonyl (C=O) groups excluding carboxylic acids is 1. The third-order valence-electron chi connectivity index (χ3n) is 5.29. The highest BCUT2D eigenvalue weighted by molar-refractivity contribution is 7.13. The molecule has 152 valence electrons. The van der Waals surface area contributed by atoms with E-state index < -0.39 is 0 Å². The fourth-order valence-electron chi connectivity index (χ4n) is 3.71. The lowest BCUT2D eigenvalue weighted by Crippen LogP contribution is -2.35. The van der Waals surface area contributed by atoms with E-state index in [9.17, 15) is 4.79 Å². The van der Waals surface area contributed by atoms with Crippen LogP contribution in [0.4, 0.5) is 5.95 Å². The van der Waals surface area contributed by atoms with E-state index in [1.807, 2.05) is 58.8 Å². The zero-order valence-electron chi connectivity index (χ0n) is 16.2. The van der Waals surface area contributed by atoms with Gasteiger partial charge in [-0.15, -0.1) is 11.3 Å². The quantitative estimate of drug-likeness (QED) is 0.505. The molecule has 0 bridgehead atoms. The number of H-pyrrole nitrogens is 1. The SMILES string of the molecule is O=C(c1csc(-c2ccccc2Cl)n1)N1CCCN(c2nc3ccccc3[nH]2)CC1. The van der Waals surface area contributed by atoms with Crippen molar-refractivity contribution in [1.82, 2.24) is 19.9 Å². The summed E-state index contributed by atoms with van der Waals surface area (Å²) in [6.07, 6.45) is 0.879. The Morgan fingerprint density at radius 3 is 2.70 bits per heavy atom. The molecule has 6 nitrogen and oxygen atoms in total. The van der Waals surface area contributed by atoms with Crippen LogP contribution in [-0.4, -0.2) is 51.9 Å². The number of thiazole rings is 1. The van der Waals surface area contributed by atoms with E-state index in [1.165, 1.54) is 11.3 Å². The molecule has 1 saturated heterocycles. The van der Waals surface area contributed by atoms with E-state index >= 15 is 0 Å². The number of benzene rings is 2. The molecule has 4 aromatic rings. The van der Waals surface area contributed by atoms with E-state index in [1.54, 1.807) is 0 Å². The average molecular weight is 438 g/mol. The lowest BCUT2D eigenvalue weighted by atomic mass is 10.2. The molecule has 8 heteroatoms. The lowest BCUT2D eigenvalue weighted by molar-refractivity contribution is 0.0762. The van der Waals surface area contributed by atoms with Crippen molar-refractivity contribution < 1.29 is 4.79 Å². The molecule has 30 heavy (non-hydrogen) atoms. The summed E-state index contributed by atoms with van der Waals surface area (Å²) in [5.41, 5.74) is 3.32. The topological polar surface area (TPSA) is 65.1 Å². The molecule has 0 radical (unpaired) electrons. The molecule has 1 fully saturated rings. The third kappa shape index (κ3) is 3.66. The molecule has 1 amide bonds. The van der Waals surface area contributed by atoms with Gasteiger partial charge in [-0.3, -0.25) is 4.79 Å². The van der Waals surface area contributed by atoms with Gasteiger partial charge in [0.05, 0.1) is 16.1 Å². The molecule has 1 aliphatic heterocycles. The maximum Gasteiger partial charge on any atom is 0.273 e. The Morgan fingerprint density at radius 1 is 1.00 bits per heavy atom. The van der Waals surface area contributed by atoms with Gasteiger partial charge in [0, 0.05) is 37.1 Å². The molecule has 2 aromatic heterocycles. The monoisotopic (exact) mass is 437 g/mol. The van der Waals surface area contributed by atoms with Crippen LogP contribution in [0.25, 0.3) is 21.6 Å². The van der Waals surface area contributed by atoms with E-state index in [-0.39, 0.29) is 5.91 Å². The Kier molecular flexibility index (Phi) is 5.14. The molecule has 0 unspecified atom stereocenters. The number of carbonyl (C=O) groups is 1. The maximum absolute atomic E-state index is 13.1. The van der Waals surface area contributed by atoms with Gasteiger partial charge in [-0.1, -0.05) is 41.9 Å². The predicted octanol–water partition coefficient (Wildman–Crippen LogP) is 4.69. The number of aromatic amines is 1. The van der Waals surface area contributed by atoms with Gasteiger partial charge in [-0.25, -0.2) is 9.97 Å². The number of halogens is 1. The molecular formula is C22H20ClN5OS. The first kappa shape index (κ1) is 19.1. The highest BCUT2D eigenvalue weighted by Gasteiger charge is 2.24. The van der Waals surface area contributed by atoms with Crippen LogP contribution in [0, 0.1) is 0 Å². The van der Waals surface area contributed by atoms with Crippen LogP contribution >= 0.6 is 22.9 Å². The van der Waals surface area contributed by atoms with Crippen molar-refractivity contribution in [2.24, 2.45) is 0 Å². The highest BCUT2D eigenvalue weighted by Crippen LogP contribution is 2.30. The predicted molar refractivity (Wildman–Crippen MR) is 121 cm³/mol. The van der Waals surface area contributed by atoms with Crippen molar-refractivity contribution in [2.75, 3.05) is 31.1 Å². The van der Waals surface area contributed by atoms with Crippen molar-refractivity contribution in [1.29, 1.82) is 0 Å². The number of hydrogen-bond donors (Lipinski definition) is 1. The smallest absolute Gasteiger partial charge is 0.273 e. The Hall–Kier alpha value is -2.90. The molecule has 1 N–H and O–H groups in total. The zero-order chi connectivity index (χ0) is 20.5. The van der Waals surface area contributed by atoms with Crippen molar-refractivity contribution in [2.45, 2.75) is 6.42 Å². The van der Waals surface area contributed by atoms with Crippen LogP contribution in [0.15, 0.2) is 53.9 Å². The summed E-state index contributed by atoms with van der Waals surface area (Å²) in [7, 11) is 0. The van der Waals surface area contributed by atoms with Crippen LogP contribution in [0.3, 0.4) is 0 Å². The minimum absolute atomic E-state index is 0.0315. The number of nitrogens with one attached hydrogen (secondary N) is 1. The van der Waals surface area contributed by atoms with Crippen LogP contribution in [0.2, 0.25) is 5.02 Å². The first-order chi connectivity index (χ1) is 14.7. The second-order valence-corrected chi connectivity index (χ2v) is 8.49. The van der Waals surface area contributed by atoms with Crippen LogP contribution in [0.5, 0.6) is 0 Å². The second-order valence-electron chi connectivity index (χ2n) is 7.23. The second kappa shape index (κ2) is 8.08. The molecule has 0 atom stereocenters. The lowest BCUT2D eigenvalue weighted by Gasteiger charge is -2.21. The molecular weight excluding hydrogens is 418 g/mol. The summed E-state index contributed by atoms with van der Waals surface area (Å²) < 4.78 is 0. The molecule has 1 aliphatic rings. The van der Waals surface area contributed by atoms with Gasteiger partial charge in [0.25, 0.3) is 5.91 Å². The first-order valence-electron chi connectivity index (χ1n) is 9.88. The van der Waals surface area contributed by atoms with E-state index in [0.717, 1.165) is 47.1 Å². The Balaban J connectivity index is 1.30. The minimum atomic E-state index is -0.0315. The van der Waals surface area contributed by atoms with Gasteiger partial charge in [0.1, 0.15) is 10.7 Å². The summed E-state index contributed by atoms with van der Waals surface area (Å²) >= 11 is 7.72. The number of imidazole rings is 1. The maximum atomic E-state index is 13.1. The number of nitrogens with zero attached hydrogens (tertiary/aromatic N) is 4. The minimum Gasteiger partial charge on any atom is -0.341 e. The Morgan fingerprint density at radius 2 is 1.83 bits per heavy atom. The standard InChI is InChI=1S/C22H20ClN5OS/c23-16-7-2-1-6-15(16)20-24-19(14-30-20)21(29)27-10-5-11-28(13-12-27)22-25-17-8-3-4-9-18(17)26-22/h1-4,6-9,14H,5,10-13H2,(H,25,26). The first-order valence-corrected chi connectivity index (χ1v) is 11.1. The number of aromatic nitrogens is 3. The third-order valence-corrected chi connectivity index (χ3v) is 6.49. The molecule has 2 aromatic carbocycles. The van der Waals surface area contributed by atoms with Crippen LogP contribution in [0.1, 0.15) is 16.9 Å². The fourth-order valence-corrected chi connectivity index (χ4v) is 4.83. The average Bonchev–Trinajstić information content (AvgIpc) is 3.35. The normalized spacial score (nSPS) is 14.8. The number of anilines is 1. The van der Waals surface area contributed by atoms with Gasteiger partial charge in [-0.05, 0) is 24.6 Å². The van der Waals surface area contributed by atoms with Gasteiger partial charge >= 0.3 is 0 Å². The van der Waals surface area contributed by atoms with Gasteiger partial charge < -0.3 is 14.8 Å². The number of para-hydroxylation sites is 2.